The van der Waals surface area contributed by atoms with E-state index in [9.17, 15) is 13.6 Å². The quantitative estimate of drug-likeness (QED) is 0.220. The van der Waals surface area contributed by atoms with Crippen LogP contribution in [0.3, 0.4) is 0 Å². The number of nitrogens with zero attached hydrogens (tertiary/aromatic N) is 5. The molecule has 1 N–H and O–H groups in total. The summed E-state index contributed by atoms with van der Waals surface area (Å²) in [6.07, 6.45) is 0.962. The summed E-state index contributed by atoms with van der Waals surface area (Å²) >= 11 is 1.53. The third-order valence-electron chi connectivity index (χ3n) is 7.08. The monoisotopic (exact) mass is 546 g/mol. The van der Waals surface area contributed by atoms with Crippen molar-refractivity contribution in [2.24, 2.45) is 0 Å². The molecule has 2 aliphatic carbocycles. The maximum atomic E-state index is 13.8. The van der Waals surface area contributed by atoms with Crippen molar-refractivity contribution in [1.29, 1.82) is 0 Å². The van der Waals surface area contributed by atoms with E-state index < -0.39 is 30.0 Å². The van der Waals surface area contributed by atoms with Crippen LogP contribution in [0.2, 0.25) is 0 Å². The molecule has 13 heteroatoms. The van der Waals surface area contributed by atoms with Gasteiger partial charge in [-0.1, -0.05) is 36.9 Å². The van der Waals surface area contributed by atoms with Gasteiger partial charge in [-0.3, -0.25) is 0 Å². The molecule has 6 rings (SSSR count). The van der Waals surface area contributed by atoms with Crippen LogP contribution in [0.25, 0.3) is 11.2 Å². The van der Waals surface area contributed by atoms with E-state index >= 15 is 0 Å². The number of carbonyl (C=O) groups is 1. The summed E-state index contributed by atoms with van der Waals surface area (Å²) < 4.78 is 45.8. The van der Waals surface area contributed by atoms with E-state index in [1.807, 2.05) is 6.92 Å². The number of halogens is 2. The van der Waals surface area contributed by atoms with Crippen molar-refractivity contribution in [3.05, 3.63) is 35.4 Å². The Kier molecular flexibility index (Phi) is 6.81. The molecular weight excluding hydrogens is 518 g/mol. The summed E-state index contributed by atoms with van der Waals surface area (Å²) in [5, 5.41) is 12.8. The molecule has 3 aliphatic rings. The van der Waals surface area contributed by atoms with Gasteiger partial charge < -0.3 is 19.5 Å². The van der Waals surface area contributed by atoms with Gasteiger partial charge in [0.15, 0.2) is 46.0 Å². The van der Waals surface area contributed by atoms with Crippen LogP contribution < -0.4 is 5.32 Å². The first kappa shape index (κ1) is 25.2. The van der Waals surface area contributed by atoms with Gasteiger partial charge in [0.05, 0.1) is 6.04 Å². The van der Waals surface area contributed by atoms with Crippen molar-refractivity contribution >= 4 is 34.9 Å². The van der Waals surface area contributed by atoms with Gasteiger partial charge in [0.1, 0.15) is 6.10 Å². The van der Waals surface area contributed by atoms with Crippen LogP contribution >= 0.6 is 11.8 Å². The average Bonchev–Trinajstić information content (AvgIpc) is 3.19. The Balaban J connectivity index is 1.30. The molecule has 1 aliphatic heterocycles. The minimum atomic E-state index is -0.861. The number of hydrogen-bond acceptors (Lipinski definition) is 10. The van der Waals surface area contributed by atoms with Crippen LogP contribution in [0.1, 0.15) is 57.1 Å². The molecule has 2 aromatic heterocycles. The minimum absolute atomic E-state index is 0.0148. The van der Waals surface area contributed by atoms with Crippen LogP contribution in [-0.4, -0.2) is 67.8 Å². The molecule has 1 saturated heterocycles. The first-order valence-corrected chi connectivity index (χ1v) is 13.9. The third-order valence-corrected chi connectivity index (χ3v) is 8.13. The molecule has 2 saturated carbocycles. The van der Waals surface area contributed by atoms with Gasteiger partial charge in [0.2, 0.25) is 0 Å². The molecule has 202 valence electrons. The molecule has 38 heavy (non-hydrogen) atoms. The summed E-state index contributed by atoms with van der Waals surface area (Å²) in [5.74, 6) is -0.325. The Morgan fingerprint density at radius 1 is 1.13 bits per heavy atom. The van der Waals surface area contributed by atoms with E-state index in [1.165, 1.54) is 17.8 Å². The van der Waals surface area contributed by atoms with E-state index in [-0.39, 0.29) is 24.1 Å². The Morgan fingerprint density at radius 2 is 1.97 bits per heavy atom. The predicted molar refractivity (Wildman–Crippen MR) is 134 cm³/mol. The van der Waals surface area contributed by atoms with Crippen molar-refractivity contribution in [3.63, 3.8) is 0 Å². The normalized spacial score (nSPS) is 27.8. The van der Waals surface area contributed by atoms with Crippen LogP contribution in [0, 0.1) is 11.6 Å². The SMILES string of the molecule is CCCO[C@H]1C[C@@H](n2nnc3c(N[C@@H]4C[C@H]4c4ccc(F)c(F)c4)nc(SCCC)nc32)[C@@H]2OC(=O)O[C@@H]21. The summed E-state index contributed by atoms with van der Waals surface area (Å²) in [6.45, 7) is 4.64. The molecule has 10 nitrogen and oxygen atoms in total. The van der Waals surface area contributed by atoms with Gasteiger partial charge in [-0.25, -0.2) is 28.2 Å². The van der Waals surface area contributed by atoms with Gasteiger partial charge in [0.25, 0.3) is 0 Å². The second-order valence-electron chi connectivity index (χ2n) is 9.80. The van der Waals surface area contributed by atoms with E-state index in [0.29, 0.717) is 35.2 Å². The number of ether oxygens (including phenoxy) is 3. The van der Waals surface area contributed by atoms with Gasteiger partial charge in [0, 0.05) is 30.7 Å². The van der Waals surface area contributed by atoms with Crippen molar-refractivity contribution < 1.29 is 27.8 Å². The smallest absolute Gasteiger partial charge is 0.425 e. The molecule has 0 radical (unpaired) electrons. The number of carbonyl (C=O) groups excluding carboxylic acids is 1. The summed E-state index contributed by atoms with van der Waals surface area (Å²) in [6, 6.07) is 3.63. The largest absolute Gasteiger partial charge is 0.509 e. The highest BCUT2D eigenvalue weighted by molar-refractivity contribution is 7.99. The zero-order chi connectivity index (χ0) is 26.4. The Bertz CT molecular complexity index is 1360. The molecular formula is C25H28F2N6O4S. The van der Waals surface area contributed by atoms with E-state index in [4.69, 9.17) is 24.2 Å². The Morgan fingerprint density at radius 3 is 2.76 bits per heavy atom. The lowest BCUT2D eigenvalue weighted by Crippen LogP contribution is -2.30. The fourth-order valence-corrected chi connectivity index (χ4v) is 5.87. The lowest BCUT2D eigenvalue weighted by molar-refractivity contribution is -0.0154. The number of rotatable bonds is 10. The van der Waals surface area contributed by atoms with Crippen molar-refractivity contribution in [2.45, 2.75) is 81.0 Å². The molecule has 0 unspecified atom stereocenters. The maximum absolute atomic E-state index is 13.8. The zero-order valence-electron chi connectivity index (χ0n) is 21.0. The highest BCUT2D eigenvalue weighted by atomic mass is 32.2. The summed E-state index contributed by atoms with van der Waals surface area (Å²) in [7, 11) is 0. The molecule has 0 amide bonds. The maximum Gasteiger partial charge on any atom is 0.509 e. The minimum Gasteiger partial charge on any atom is -0.425 e. The highest BCUT2D eigenvalue weighted by Gasteiger charge is 2.55. The molecule has 0 bridgehead atoms. The van der Waals surface area contributed by atoms with E-state index in [1.54, 1.807) is 10.7 Å². The molecule has 6 atom stereocenters. The zero-order valence-corrected chi connectivity index (χ0v) is 21.8. The van der Waals surface area contributed by atoms with Gasteiger partial charge in [-0.15, -0.1) is 5.10 Å². The van der Waals surface area contributed by atoms with Crippen LogP contribution in [0.4, 0.5) is 19.4 Å². The van der Waals surface area contributed by atoms with Gasteiger partial charge in [-0.05, 0) is 37.0 Å². The van der Waals surface area contributed by atoms with Gasteiger partial charge >= 0.3 is 6.16 Å². The van der Waals surface area contributed by atoms with Crippen molar-refractivity contribution in [1.82, 2.24) is 25.0 Å². The topological polar surface area (TPSA) is 113 Å². The lowest BCUT2D eigenvalue weighted by atomic mass is 10.1. The van der Waals surface area contributed by atoms with Crippen molar-refractivity contribution in [2.75, 3.05) is 17.7 Å². The van der Waals surface area contributed by atoms with Crippen LogP contribution in [-0.2, 0) is 14.2 Å². The number of benzene rings is 1. The second-order valence-corrected chi connectivity index (χ2v) is 10.9. The average molecular weight is 547 g/mol. The van der Waals surface area contributed by atoms with E-state index in [2.05, 4.69) is 22.6 Å². The standard InChI is InChI=1S/C25H28F2N6O4S/c1-3-7-35-18-11-17(20-21(18)37-25(34)36-20)33-23-19(31-32-33)22(29-24(30-23)38-8-4-2)28-16-10-13(16)12-5-6-14(26)15(27)9-12/h5-6,9,13,16-18,20-21H,3-4,7-8,10-11H2,1-2H3,(H,28,29,30)/t13-,16+,17+,18-,20-,21+/m0/s1. The molecule has 0 spiro atoms. The summed E-state index contributed by atoms with van der Waals surface area (Å²) in [5.41, 5.74) is 1.74. The number of aromatic nitrogens is 5. The molecule has 3 aromatic rings. The third kappa shape index (κ3) is 4.66. The lowest BCUT2D eigenvalue weighted by Gasteiger charge is -2.16. The number of hydrogen-bond donors (Lipinski definition) is 1. The fourth-order valence-electron chi connectivity index (χ4n) is 5.18. The van der Waals surface area contributed by atoms with E-state index in [0.717, 1.165) is 36.6 Å². The molecule has 3 heterocycles. The summed E-state index contributed by atoms with van der Waals surface area (Å²) in [4.78, 5) is 21.4. The number of anilines is 1. The molecule has 3 fully saturated rings. The predicted octanol–water partition coefficient (Wildman–Crippen LogP) is 4.61. The van der Waals surface area contributed by atoms with Crippen LogP contribution in [0.15, 0.2) is 23.4 Å². The number of thioether (sulfide) groups is 1. The van der Waals surface area contributed by atoms with Gasteiger partial charge in [-0.2, -0.15) is 0 Å². The second kappa shape index (κ2) is 10.3. The first-order chi connectivity index (χ1) is 18.5. The first-order valence-electron chi connectivity index (χ1n) is 12.9. The van der Waals surface area contributed by atoms with Crippen LogP contribution in [0.5, 0.6) is 0 Å². The number of nitrogens with one attached hydrogen (secondary N) is 1. The van der Waals surface area contributed by atoms with Crippen molar-refractivity contribution in [3.8, 4) is 0 Å². The molecule has 1 aromatic carbocycles. The number of fused-ring (bicyclic) bond motifs is 2. The Labute approximate surface area is 221 Å². The fraction of sp³-hybridized carbons (Fsp3) is 0.560. The highest BCUT2D eigenvalue weighted by Crippen LogP contribution is 2.45. The Hall–Kier alpha value is -3.06.